The Morgan fingerprint density at radius 2 is 2.09 bits per heavy atom. The zero-order valence-corrected chi connectivity index (χ0v) is 12.7. The predicted molar refractivity (Wildman–Crippen MR) is 83.6 cm³/mol. The summed E-state index contributed by atoms with van der Waals surface area (Å²) in [6.07, 6.45) is 4.42. The number of anilines is 1. The molecule has 0 bridgehead atoms. The van der Waals surface area contributed by atoms with Gasteiger partial charge in [0.25, 0.3) is 5.91 Å². The van der Waals surface area contributed by atoms with Gasteiger partial charge in [-0.25, -0.2) is 4.39 Å². The normalized spacial score (nSPS) is 14.1. The van der Waals surface area contributed by atoms with E-state index < -0.39 is 11.7 Å². The fourth-order valence-electron chi connectivity index (χ4n) is 2.79. The van der Waals surface area contributed by atoms with Gasteiger partial charge in [0, 0.05) is 24.4 Å². The maximum atomic E-state index is 14.0. The number of hydrogen-bond acceptors (Lipinski definition) is 3. The van der Waals surface area contributed by atoms with Crippen LogP contribution in [0.2, 0.25) is 0 Å². The molecular formula is C17H17FN2O3. The molecule has 0 saturated carbocycles. The lowest BCUT2D eigenvalue weighted by atomic mass is 10.0. The molecule has 1 aromatic heterocycles. The van der Waals surface area contributed by atoms with Gasteiger partial charge in [0.15, 0.2) is 5.78 Å². The SMILES string of the molecule is COc1ccc(NC(=O)c2c[nH]c3c2C(=O)CCCC3)c(F)c1. The molecule has 1 amide bonds. The van der Waals surface area contributed by atoms with Gasteiger partial charge >= 0.3 is 0 Å². The van der Waals surface area contributed by atoms with E-state index in [-0.39, 0.29) is 17.0 Å². The number of Topliss-reactive ketones (excluding diaryl/α,β-unsaturated/α-hetero) is 1. The van der Waals surface area contributed by atoms with Crippen molar-refractivity contribution in [3.8, 4) is 5.75 Å². The minimum Gasteiger partial charge on any atom is -0.497 e. The van der Waals surface area contributed by atoms with Crippen LogP contribution in [-0.4, -0.2) is 23.8 Å². The van der Waals surface area contributed by atoms with Crippen molar-refractivity contribution in [1.29, 1.82) is 0 Å². The number of rotatable bonds is 3. The van der Waals surface area contributed by atoms with E-state index in [9.17, 15) is 14.0 Å². The number of ether oxygens (including phenoxy) is 1. The van der Waals surface area contributed by atoms with E-state index in [0.29, 0.717) is 17.7 Å². The van der Waals surface area contributed by atoms with Crippen molar-refractivity contribution in [2.45, 2.75) is 25.7 Å². The van der Waals surface area contributed by atoms with E-state index >= 15 is 0 Å². The van der Waals surface area contributed by atoms with E-state index in [1.54, 1.807) is 6.07 Å². The van der Waals surface area contributed by atoms with Crippen molar-refractivity contribution in [3.63, 3.8) is 0 Å². The average molecular weight is 316 g/mol. The molecule has 1 aliphatic rings. The number of H-pyrrole nitrogens is 1. The van der Waals surface area contributed by atoms with Crippen LogP contribution in [0.4, 0.5) is 10.1 Å². The first-order chi connectivity index (χ1) is 11.1. The monoisotopic (exact) mass is 316 g/mol. The van der Waals surface area contributed by atoms with Gasteiger partial charge < -0.3 is 15.0 Å². The molecule has 1 heterocycles. The number of aryl methyl sites for hydroxylation is 1. The molecule has 1 aromatic carbocycles. The number of halogens is 1. The summed E-state index contributed by atoms with van der Waals surface area (Å²) >= 11 is 0. The smallest absolute Gasteiger partial charge is 0.258 e. The number of fused-ring (bicyclic) bond motifs is 1. The van der Waals surface area contributed by atoms with Crippen LogP contribution in [0.15, 0.2) is 24.4 Å². The molecule has 2 N–H and O–H groups in total. The van der Waals surface area contributed by atoms with Crippen molar-refractivity contribution in [2.75, 3.05) is 12.4 Å². The lowest BCUT2D eigenvalue weighted by molar-refractivity contribution is 0.0965. The summed E-state index contributed by atoms with van der Waals surface area (Å²) in [4.78, 5) is 27.6. The highest BCUT2D eigenvalue weighted by Crippen LogP contribution is 2.25. The summed E-state index contributed by atoms with van der Waals surface area (Å²) in [5, 5.41) is 2.51. The topological polar surface area (TPSA) is 71.2 Å². The molecule has 0 radical (unpaired) electrons. The van der Waals surface area contributed by atoms with Gasteiger partial charge in [0.05, 0.1) is 23.9 Å². The van der Waals surface area contributed by atoms with E-state index in [0.717, 1.165) is 25.0 Å². The van der Waals surface area contributed by atoms with Gasteiger partial charge in [-0.2, -0.15) is 0 Å². The molecule has 23 heavy (non-hydrogen) atoms. The molecule has 1 aliphatic carbocycles. The van der Waals surface area contributed by atoms with Gasteiger partial charge in [-0.05, 0) is 31.4 Å². The number of aromatic nitrogens is 1. The fourth-order valence-corrected chi connectivity index (χ4v) is 2.79. The predicted octanol–water partition coefficient (Wildman–Crippen LogP) is 3.32. The quantitative estimate of drug-likeness (QED) is 0.853. The molecule has 0 saturated heterocycles. The first-order valence-corrected chi connectivity index (χ1v) is 7.48. The number of carbonyl (C=O) groups excluding carboxylic acids is 2. The van der Waals surface area contributed by atoms with Crippen molar-refractivity contribution in [3.05, 3.63) is 47.0 Å². The fraction of sp³-hybridized carbons (Fsp3) is 0.294. The number of methoxy groups -OCH3 is 1. The summed E-state index contributed by atoms with van der Waals surface area (Å²) in [6, 6.07) is 4.18. The Hall–Kier alpha value is -2.63. The first-order valence-electron chi connectivity index (χ1n) is 7.48. The van der Waals surface area contributed by atoms with Crippen LogP contribution in [0.1, 0.15) is 45.7 Å². The summed E-state index contributed by atoms with van der Waals surface area (Å²) in [7, 11) is 1.44. The highest BCUT2D eigenvalue weighted by Gasteiger charge is 2.25. The van der Waals surface area contributed by atoms with E-state index in [1.807, 2.05) is 0 Å². The van der Waals surface area contributed by atoms with Crippen LogP contribution in [0.25, 0.3) is 0 Å². The molecule has 0 aliphatic heterocycles. The first kappa shape index (κ1) is 15.3. The van der Waals surface area contributed by atoms with Crippen molar-refractivity contribution >= 4 is 17.4 Å². The van der Waals surface area contributed by atoms with Crippen LogP contribution in [0.5, 0.6) is 5.75 Å². The Morgan fingerprint density at radius 3 is 2.83 bits per heavy atom. The summed E-state index contributed by atoms with van der Waals surface area (Å²) < 4.78 is 18.9. The molecule has 6 heteroatoms. The minimum absolute atomic E-state index is 0.0425. The molecule has 0 unspecified atom stereocenters. The van der Waals surface area contributed by atoms with Crippen LogP contribution < -0.4 is 10.1 Å². The Morgan fingerprint density at radius 1 is 1.30 bits per heavy atom. The highest BCUT2D eigenvalue weighted by molar-refractivity contribution is 6.13. The average Bonchev–Trinajstić information content (AvgIpc) is 2.89. The summed E-state index contributed by atoms with van der Waals surface area (Å²) in [6.45, 7) is 0. The number of carbonyl (C=O) groups is 2. The largest absolute Gasteiger partial charge is 0.497 e. The van der Waals surface area contributed by atoms with E-state index in [1.165, 1.54) is 25.4 Å². The van der Waals surface area contributed by atoms with Crippen molar-refractivity contribution in [2.24, 2.45) is 0 Å². The number of ketones is 1. The Kier molecular flexibility index (Phi) is 4.14. The van der Waals surface area contributed by atoms with Gasteiger partial charge in [-0.15, -0.1) is 0 Å². The van der Waals surface area contributed by atoms with Crippen LogP contribution in [0.3, 0.4) is 0 Å². The highest BCUT2D eigenvalue weighted by atomic mass is 19.1. The van der Waals surface area contributed by atoms with Gasteiger partial charge in [-0.1, -0.05) is 0 Å². The second kappa shape index (κ2) is 6.24. The minimum atomic E-state index is -0.592. The molecule has 0 fully saturated rings. The number of nitrogens with one attached hydrogen (secondary N) is 2. The second-order valence-corrected chi connectivity index (χ2v) is 5.49. The second-order valence-electron chi connectivity index (χ2n) is 5.49. The summed E-state index contributed by atoms with van der Waals surface area (Å²) in [5.41, 5.74) is 1.54. The zero-order chi connectivity index (χ0) is 16.4. The maximum absolute atomic E-state index is 14.0. The maximum Gasteiger partial charge on any atom is 0.258 e. The molecule has 120 valence electrons. The van der Waals surface area contributed by atoms with Gasteiger partial charge in [-0.3, -0.25) is 9.59 Å². The van der Waals surface area contributed by atoms with E-state index in [4.69, 9.17) is 4.74 Å². The number of hydrogen-bond donors (Lipinski definition) is 2. The molecular weight excluding hydrogens is 299 g/mol. The summed E-state index contributed by atoms with van der Waals surface area (Å²) in [5.74, 6) is -0.766. The molecule has 2 aromatic rings. The third-order valence-electron chi connectivity index (χ3n) is 3.99. The lowest BCUT2D eigenvalue weighted by Crippen LogP contribution is -2.16. The van der Waals surface area contributed by atoms with Crippen molar-refractivity contribution in [1.82, 2.24) is 4.98 Å². The van der Waals surface area contributed by atoms with Crippen LogP contribution in [-0.2, 0) is 6.42 Å². The van der Waals surface area contributed by atoms with Crippen LogP contribution in [0, 0.1) is 5.82 Å². The Balaban J connectivity index is 1.87. The molecule has 5 nitrogen and oxygen atoms in total. The Bertz CT molecular complexity index is 767. The van der Waals surface area contributed by atoms with E-state index in [2.05, 4.69) is 10.3 Å². The van der Waals surface area contributed by atoms with Crippen molar-refractivity contribution < 1.29 is 18.7 Å². The standard InChI is InChI=1S/C17H17FN2O3/c1-23-10-6-7-13(12(18)8-10)20-17(22)11-9-19-14-4-2-3-5-15(21)16(11)14/h6-9,19H,2-5H2,1H3,(H,20,22). The van der Waals surface area contributed by atoms with Crippen LogP contribution >= 0.6 is 0 Å². The molecule has 3 rings (SSSR count). The third kappa shape index (κ3) is 2.97. The van der Waals surface area contributed by atoms with Gasteiger partial charge in [0.1, 0.15) is 11.6 Å². The third-order valence-corrected chi connectivity index (χ3v) is 3.99. The number of amides is 1. The number of aromatic amines is 1. The lowest BCUT2D eigenvalue weighted by Gasteiger charge is -2.08. The van der Waals surface area contributed by atoms with Gasteiger partial charge in [0.2, 0.25) is 0 Å². The zero-order valence-electron chi connectivity index (χ0n) is 12.7. The number of benzene rings is 1. The molecule has 0 spiro atoms. The molecule has 0 atom stereocenters. The Labute approximate surface area is 132 Å².